The Kier molecular flexibility index (Phi) is 3.77. The van der Waals surface area contributed by atoms with Gasteiger partial charge in [0.2, 0.25) is 0 Å². The van der Waals surface area contributed by atoms with Gasteiger partial charge in [0, 0.05) is 12.4 Å². The van der Waals surface area contributed by atoms with Crippen LogP contribution in [0.25, 0.3) is 0 Å². The highest BCUT2D eigenvalue weighted by Gasteiger charge is 2.05. The molecule has 94 valence electrons. The van der Waals surface area contributed by atoms with Crippen molar-refractivity contribution in [2.24, 2.45) is 0 Å². The van der Waals surface area contributed by atoms with Gasteiger partial charge in [0.15, 0.2) is 6.61 Å². The van der Waals surface area contributed by atoms with E-state index in [1.807, 2.05) is 24.3 Å². The molecule has 0 amide bonds. The Morgan fingerprint density at radius 1 is 1.33 bits per heavy atom. The number of benzene rings is 1. The summed E-state index contributed by atoms with van der Waals surface area (Å²) < 4.78 is 6.83. The lowest BCUT2D eigenvalue weighted by atomic mass is 10.0. The number of carbonyl (C=O) groups is 1. The summed E-state index contributed by atoms with van der Waals surface area (Å²) in [5.41, 5.74) is 1.25. The molecule has 1 heterocycles. The zero-order valence-corrected chi connectivity index (χ0v) is 10.5. The number of aromatic nitrogens is 2. The molecule has 18 heavy (non-hydrogen) atoms. The van der Waals surface area contributed by atoms with Crippen molar-refractivity contribution in [1.29, 1.82) is 0 Å². The van der Waals surface area contributed by atoms with Gasteiger partial charge in [0.05, 0.1) is 0 Å². The second-order valence-corrected chi connectivity index (χ2v) is 4.38. The molecule has 0 N–H and O–H groups in total. The number of imidazole rings is 1. The van der Waals surface area contributed by atoms with Crippen LogP contribution < -0.4 is 4.74 Å². The Labute approximate surface area is 106 Å². The van der Waals surface area contributed by atoms with Gasteiger partial charge in [0.1, 0.15) is 12.1 Å². The fourth-order valence-electron chi connectivity index (χ4n) is 1.58. The monoisotopic (exact) mass is 244 g/mol. The van der Waals surface area contributed by atoms with Crippen LogP contribution in [0.3, 0.4) is 0 Å². The number of hydrogen-bond acceptors (Lipinski definition) is 3. The van der Waals surface area contributed by atoms with E-state index in [4.69, 9.17) is 4.74 Å². The van der Waals surface area contributed by atoms with Gasteiger partial charge in [-0.3, -0.25) is 9.36 Å². The summed E-state index contributed by atoms with van der Waals surface area (Å²) >= 11 is 0. The van der Waals surface area contributed by atoms with E-state index in [-0.39, 0.29) is 12.5 Å². The smallest absolute Gasteiger partial charge is 0.269 e. The molecule has 4 heteroatoms. The van der Waals surface area contributed by atoms with E-state index >= 15 is 0 Å². The summed E-state index contributed by atoms with van der Waals surface area (Å²) in [7, 11) is 0. The van der Waals surface area contributed by atoms with Crippen molar-refractivity contribution in [3.63, 3.8) is 0 Å². The summed E-state index contributed by atoms with van der Waals surface area (Å²) in [6.45, 7) is 4.29. The fraction of sp³-hybridized carbons (Fsp3) is 0.286. The van der Waals surface area contributed by atoms with E-state index < -0.39 is 0 Å². The van der Waals surface area contributed by atoms with Gasteiger partial charge in [0.25, 0.3) is 5.91 Å². The van der Waals surface area contributed by atoms with Gasteiger partial charge in [-0.15, -0.1) is 0 Å². The SMILES string of the molecule is CC(C)c1ccc(OCC(=O)n2ccnc2)cc1. The summed E-state index contributed by atoms with van der Waals surface area (Å²) in [5, 5.41) is 0. The lowest BCUT2D eigenvalue weighted by Crippen LogP contribution is -2.17. The molecular formula is C14H16N2O2. The maximum absolute atomic E-state index is 11.7. The van der Waals surface area contributed by atoms with Crippen molar-refractivity contribution in [2.75, 3.05) is 6.61 Å². The largest absolute Gasteiger partial charge is 0.484 e. The maximum atomic E-state index is 11.7. The van der Waals surface area contributed by atoms with Crippen LogP contribution in [-0.4, -0.2) is 22.1 Å². The second kappa shape index (κ2) is 5.49. The third-order valence-electron chi connectivity index (χ3n) is 2.70. The molecule has 0 bridgehead atoms. The van der Waals surface area contributed by atoms with Crippen LogP contribution in [0.15, 0.2) is 43.0 Å². The van der Waals surface area contributed by atoms with E-state index in [2.05, 4.69) is 18.8 Å². The molecule has 0 unspecified atom stereocenters. The standard InChI is InChI=1S/C14H16N2O2/c1-11(2)12-3-5-13(6-4-12)18-9-14(17)16-8-7-15-10-16/h3-8,10-11H,9H2,1-2H3. The van der Waals surface area contributed by atoms with E-state index in [1.165, 1.54) is 16.5 Å². The molecule has 0 fully saturated rings. The molecule has 0 aliphatic heterocycles. The summed E-state index contributed by atoms with van der Waals surface area (Å²) in [5.74, 6) is 1.06. The Hall–Kier alpha value is -2.10. The van der Waals surface area contributed by atoms with E-state index in [9.17, 15) is 4.79 Å². The average Bonchev–Trinajstić information content (AvgIpc) is 2.90. The van der Waals surface area contributed by atoms with Crippen LogP contribution in [0.2, 0.25) is 0 Å². The lowest BCUT2D eigenvalue weighted by molar-refractivity contribution is 0.0837. The first-order chi connectivity index (χ1) is 8.66. The van der Waals surface area contributed by atoms with Crippen molar-refractivity contribution >= 4 is 5.91 Å². The topological polar surface area (TPSA) is 44.1 Å². The van der Waals surface area contributed by atoms with Crippen LogP contribution in [0.4, 0.5) is 0 Å². The highest BCUT2D eigenvalue weighted by Crippen LogP contribution is 2.18. The number of ether oxygens (including phenoxy) is 1. The van der Waals surface area contributed by atoms with Crippen molar-refractivity contribution < 1.29 is 9.53 Å². The van der Waals surface area contributed by atoms with Gasteiger partial charge < -0.3 is 4.74 Å². The molecule has 0 aliphatic carbocycles. The third-order valence-corrected chi connectivity index (χ3v) is 2.70. The zero-order valence-electron chi connectivity index (χ0n) is 10.5. The number of nitrogens with zero attached hydrogens (tertiary/aromatic N) is 2. The van der Waals surface area contributed by atoms with Gasteiger partial charge in [-0.05, 0) is 23.6 Å². The number of hydrogen-bond donors (Lipinski definition) is 0. The molecular weight excluding hydrogens is 228 g/mol. The Balaban J connectivity index is 1.92. The number of rotatable bonds is 4. The van der Waals surface area contributed by atoms with Crippen LogP contribution >= 0.6 is 0 Å². The average molecular weight is 244 g/mol. The lowest BCUT2D eigenvalue weighted by Gasteiger charge is -2.08. The van der Waals surface area contributed by atoms with Gasteiger partial charge in [-0.25, -0.2) is 4.98 Å². The number of carbonyl (C=O) groups excluding carboxylic acids is 1. The minimum atomic E-state index is -0.138. The van der Waals surface area contributed by atoms with E-state index in [0.29, 0.717) is 11.7 Å². The highest BCUT2D eigenvalue weighted by molar-refractivity contribution is 5.80. The first kappa shape index (κ1) is 12.4. The summed E-state index contributed by atoms with van der Waals surface area (Å²) in [6, 6.07) is 7.80. The maximum Gasteiger partial charge on any atom is 0.269 e. The normalized spacial score (nSPS) is 10.6. The van der Waals surface area contributed by atoms with E-state index in [1.54, 1.807) is 12.4 Å². The molecule has 0 spiro atoms. The molecule has 0 saturated carbocycles. The fourth-order valence-corrected chi connectivity index (χ4v) is 1.58. The minimum absolute atomic E-state index is 0.0113. The predicted molar refractivity (Wildman–Crippen MR) is 68.9 cm³/mol. The van der Waals surface area contributed by atoms with Gasteiger partial charge >= 0.3 is 0 Å². The Bertz CT molecular complexity index is 501. The van der Waals surface area contributed by atoms with Crippen molar-refractivity contribution in [2.45, 2.75) is 19.8 Å². The molecule has 4 nitrogen and oxygen atoms in total. The molecule has 2 aromatic rings. The first-order valence-electron chi connectivity index (χ1n) is 5.90. The molecule has 1 aromatic carbocycles. The molecule has 0 atom stereocenters. The summed E-state index contributed by atoms with van der Waals surface area (Å²) in [6.07, 6.45) is 4.64. The van der Waals surface area contributed by atoms with Gasteiger partial charge in [-0.2, -0.15) is 0 Å². The van der Waals surface area contributed by atoms with Crippen LogP contribution in [0, 0.1) is 0 Å². The van der Waals surface area contributed by atoms with Crippen LogP contribution in [0.1, 0.15) is 30.1 Å². The Morgan fingerprint density at radius 2 is 2.06 bits per heavy atom. The quantitative estimate of drug-likeness (QED) is 0.830. The summed E-state index contributed by atoms with van der Waals surface area (Å²) in [4.78, 5) is 15.5. The Morgan fingerprint density at radius 3 is 2.61 bits per heavy atom. The molecule has 0 saturated heterocycles. The highest BCUT2D eigenvalue weighted by atomic mass is 16.5. The predicted octanol–water partition coefficient (Wildman–Crippen LogP) is 2.73. The molecule has 0 aliphatic rings. The molecule has 1 aromatic heterocycles. The third kappa shape index (κ3) is 2.97. The van der Waals surface area contributed by atoms with E-state index in [0.717, 1.165) is 0 Å². The van der Waals surface area contributed by atoms with Gasteiger partial charge in [-0.1, -0.05) is 26.0 Å². The van der Waals surface area contributed by atoms with Crippen LogP contribution in [0.5, 0.6) is 5.75 Å². The van der Waals surface area contributed by atoms with Crippen molar-refractivity contribution in [3.05, 3.63) is 48.5 Å². The van der Waals surface area contributed by atoms with Crippen molar-refractivity contribution in [1.82, 2.24) is 9.55 Å². The van der Waals surface area contributed by atoms with Crippen molar-refractivity contribution in [3.8, 4) is 5.75 Å². The molecule has 0 radical (unpaired) electrons. The molecule has 2 rings (SSSR count). The minimum Gasteiger partial charge on any atom is -0.484 e. The first-order valence-corrected chi connectivity index (χ1v) is 5.90. The zero-order chi connectivity index (χ0) is 13.0. The second-order valence-electron chi connectivity index (χ2n) is 4.38. The van der Waals surface area contributed by atoms with Crippen LogP contribution in [-0.2, 0) is 0 Å².